The van der Waals surface area contributed by atoms with E-state index in [4.69, 9.17) is 0 Å². The summed E-state index contributed by atoms with van der Waals surface area (Å²) in [6, 6.07) is 9.22. The maximum absolute atomic E-state index is 2.38. The summed E-state index contributed by atoms with van der Waals surface area (Å²) in [5.41, 5.74) is 6.86. The zero-order valence-electron chi connectivity index (χ0n) is 14.4. The van der Waals surface area contributed by atoms with E-state index < -0.39 is 0 Å². The van der Waals surface area contributed by atoms with Gasteiger partial charge in [0.05, 0.1) is 0 Å². The minimum Gasteiger partial charge on any atom is -0.0654 e. The maximum Gasteiger partial charge on any atom is -0.0146 e. The summed E-state index contributed by atoms with van der Waals surface area (Å²) in [4.78, 5) is 0. The number of hydrogen-bond donors (Lipinski definition) is 0. The third-order valence-electron chi connectivity index (χ3n) is 5.33. The van der Waals surface area contributed by atoms with Crippen LogP contribution < -0.4 is 0 Å². The van der Waals surface area contributed by atoms with E-state index in [1.807, 2.05) is 0 Å². The Balaban J connectivity index is 2.20. The Labute approximate surface area is 135 Å². The van der Waals surface area contributed by atoms with Gasteiger partial charge >= 0.3 is 0 Å². The van der Waals surface area contributed by atoms with Crippen molar-refractivity contribution in [2.24, 2.45) is 0 Å². The van der Waals surface area contributed by atoms with Crippen LogP contribution in [0.25, 0.3) is 10.8 Å². The molecule has 0 saturated heterocycles. The Bertz CT molecular complexity index is 580. The molecule has 0 unspecified atom stereocenters. The Morgan fingerprint density at radius 1 is 0.727 bits per heavy atom. The van der Waals surface area contributed by atoms with Gasteiger partial charge in [-0.1, -0.05) is 51.0 Å². The van der Waals surface area contributed by atoms with Crippen LogP contribution in [-0.4, -0.2) is 0 Å². The monoisotopic (exact) mass is 294 g/mol. The van der Waals surface area contributed by atoms with E-state index in [1.54, 1.807) is 33.0 Å². The summed E-state index contributed by atoms with van der Waals surface area (Å²) < 4.78 is 0. The Morgan fingerprint density at radius 3 is 1.59 bits per heavy atom. The van der Waals surface area contributed by atoms with Gasteiger partial charge in [-0.25, -0.2) is 0 Å². The van der Waals surface area contributed by atoms with Crippen LogP contribution in [0, 0.1) is 0 Å². The average Bonchev–Trinajstić information content (AvgIpc) is 2.58. The van der Waals surface area contributed by atoms with Crippen molar-refractivity contribution in [3.8, 4) is 0 Å². The molecule has 0 radical (unpaired) electrons. The van der Waals surface area contributed by atoms with Crippen LogP contribution in [-0.2, 0) is 25.7 Å². The highest BCUT2D eigenvalue weighted by atomic mass is 14.2. The van der Waals surface area contributed by atoms with E-state index in [0.717, 1.165) is 0 Å². The van der Waals surface area contributed by atoms with E-state index in [1.165, 1.54) is 64.2 Å². The molecule has 0 heteroatoms. The van der Waals surface area contributed by atoms with Crippen LogP contribution in [0.5, 0.6) is 0 Å². The molecule has 2 aromatic carbocycles. The quantitative estimate of drug-likeness (QED) is 0.578. The highest BCUT2D eigenvalue weighted by molar-refractivity contribution is 5.91. The lowest BCUT2D eigenvalue weighted by Crippen LogP contribution is -2.11. The fraction of sp³-hybridized carbons (Fsp3) is 0.545. The van der Waals surface area contributed by atoms with Gasteiger partial charge in [-0.05, 0) is 84.4 Å². The Hall–Kier alpha value is -1.30. The van der Waals surface area contributed by atoms with Gasteiger partial charge < -0.3 is 0 Å². The topological polar surface area (TPSA) is 0 Å². The molecule has 1 aliphatic rings. The summed E-state index contributed by atoms with van der Waals surface area (Å²) in [6.45, 7) is 4.62. The fourth-order valence-electron chi connectivity index (χ4n) is 4.18. The predicted molar refractivity (Wildman–Crippen MR) is 97.8 cm³/mol. The smallest absolute Gasteiger partial charge is 0.0146 e. The first-order valence-corrected chi connectivity index (χ1v) is 9.41. The first-order valence-electron chi connectivity index (χ1n) is 9.41. The number of unbranched alkanes of at least 4 members (excludes halogenated alkanes) is 2. The number of fused-ring (bicyclic) bond motifs is 2. The number of hydrogen-bond acceptors (Lipinski definition) is 0. The molecule has 0 nitrogen and oxygen atoms in total. The lowest BCUT2D eigenvalue weighted by molar-refractivity contribution is 0.664. The molecule has 0 amide bonds. The molecule has 0 bridgehead atoms. The minimum absolute atomic E-state index is 1.27. The highest BCUT2D eigenvalue weighted by Gasteiger charge is 2.20. The van der Waals surface area contributed by atoms with E-state index in [2.05, 4.69) is 38.1 Å². The molecule has 1 aliphatic carbocycles. The first-order chi connectivity index (χ1) is 10.9. The zero-order valence-corrected chi connectivity index (χ0v) is 14.4. The van der Waals surface area contributed by atoms with Crippen LogP contribution >= 0.6 is 0 Å². The van der Waals surface area contributed by atoms with E-state index in [9.17, 15) is 0 Å². The van der Waals surface area contributed by atoms with Crippen molar-refractivity contribution in [3.05, 3.63) is 46.5 Å². The van der Waals surface area contributed by atoms with Crippen molar-refractivity contribution in [1.82, 2.24) is 0 Å². The van der Waals surface area contributed by atoms with Gasteiger partial charge in [0.25, 0.3) is 0 Å². The van der Waals surface area contributed by atoms with Gasteiger partial charge in [0, 0.05) is 0 Å². The molecular formula is C22H30. The van der Waals surface area contributed by atoms with Crippen LogP contribution in [0.2, 0.25) is 0 Å². The lowest BCUT2D eigenvalue weighted by atomic mass is 9.79. The van der Waals surface area contributed by atoms with Gasteiger partial charge in [-0.2, -0.15) is 0 Å². The van der Waals surface area contributed by atoms with Crippen LogP contribution in [0.15, 0.2) is 24.3 Å². The van der Waals surface area contributed by atoms with E-state index in [0.29, 0.717) is 0 Å². The van der Waals surface area contributed by atoms with Gasteiger partial charge in [-0.15, -0.1) is 0 Å². The van der Waals surface area contributed by atoms with Crippen LogP contribution in [0.1, 0.15) is 74.6 Å². The first kappa shape index (κ1) is 15.6. The van der Waals surface area contributed by atoms with E-state index in [-0.39, 0.29) is 0 Å². The lowest BCUT2D eigenvalue weighted by Gasteiger charge is -2.26. The third-order valence-corrected chi connectivity index (χ3v) is 5.33. The summed E-state index contributed by atoms with van der Waals surface area (Å²) in [7, 11) is 0. The Kier molecular flexibility index (Phi) is 5.18. The second kappa shape index (κ2) is 7.31. The van der Waals surface area contributed by atoms with Crippen LogP contribution in [0.4, 0.5) is 0 Å². The van der Waals surface area contributed by atoms with Crippen molar-refractivity contribution in [1.29, 1.82) is 0 Å². The number of benzene rings is 2. The SMILES string of the molecule is CCCCc1c2c(c(CCCC)c3ccccc13)CCCC2. The molecule has 22 heavy (non-hydrogen) atoms. The van der Waals surface area contributed by atoms with Gasteiger partial charge in [-0.3, -0.25) is 0 Å². The molecule has 2 aromatic rings. The number of rotatable bonds is 6. The molecule has 0 aliphatic heterocycles. The van der Waals surface area contributed by atoms with Crippen molar-refractivity contribution >= 4 is 10.8 Å². The molecular weight excluding hydrogens is 264 g/mol. The largest absolute Gasteiger partial charge is 0.0654 e. The van der Waals surface area contributed by atoms with Crippen LogP contribution in [0.3, 0.4) is 0 Å². The second-order valence-corrected chi connectivity index (χ2v) is 6.87. The number of aryl methyl sites for hydroxylation is 2. The zero-order chi connectivity index (χ0) is 15.4. The summed E-state index contributed by atoms with van der Waals surface area (Å²) in [5.74, 6) is 0. The second-order valence-electron chi connectivity index (χ2n) is 6.87. The highest BCUT2D eigenvalue weighted by Crippen LogP contribution is 2.36. The molecule has 0 N–H and O–H groups in total. The standard InChI is InChI=1S/C22H30/c1-3-5-11-17-19-13-7-9-15-21(19)18(12-6-4-2)22-16-10-8-14-20(17)22/h7,9,13,15H,3-6,8,10-12,14,16H2,1-2H3. The average molecular weight is 294 g/mol. The van der Waals surface area contributed by atoms with Crippen molar-refractivity contribution in [2.45, 2.75) is 78.1 Å². The third kappa shape index (κ3) is 2.93. The normalized spacial score (nSPS) is 14.3. The molecule has 118 valence electrons. The molecule has 0 aromatic heterocycles. The summed E-state index contributed by atoms with van der Waals surface area (Å²) >= 11 is 0. The molecule has 0 heterocycles. The maximum atomic E-state index is 2.38. The Morgan fingerprint density at radius 2 is 1.18 bits per heavy atom. The molecule has 0 atom stereocenters. The fourth-order valence-corrected chi connectivity index (χ4v) is 4.18. The summed E-state index contributed by atoms with van der Waals surface area (Å²) in [6.07, 6.45) is 13.2. The molecule has 0 saturated carbocycles. The van der Waals surface area contributed by atoms with Gasteiger partial charge in [0.1, 0.15) is 0 Å². The van der Waals surface area contributed by atoms with Crippen molar-refractivity contribution in [3.63, 3.8) is 0 Å². The van der Waals surface area contributed by atoms with Gasteiger partial charge in [0.15, 0.2) is 0 Å². The summed E-state index contributed by atoms with van der Waals surface area (Å²) in [5, 5.41) is 3.12. The van der Waals surface area contributed by atoms with Crippen molar-refractivity contribution in [2.75, 3.05) is 0 Å². The van der Waals surface area contributed by atoms with Gasteiger partial charge in [0.2, 0.25) is 0 Å². The van der Waals surface area contributed by atoms with Crippen molar-refractivity contribution < 1.29 is 0 Å². The minimum atomic E-state index is 1.27. The molecule has 0 spiro atoms. The predicted octanol–water partition coefficient (Wildman–Crippen LogP) is 6.40. The molecule has 0 fully saturated rings. The molecule has 3 rings (SSSR count). The van der Waals surface area contributed by atoms with E-state index >= 15 is 0 Å².